The minimum absolute atomic E-state index is 0.0794. The van der Waals surface area contributed by atoms with Gasteiger partial charge in [-0.05, 0) is 37.8 Å². The van der Waals surface area contributed by atoms with Gasteiger partial charge >= 0.3 is 18.1 Å². The SMILES string of the molecule is O=C1ON=C(C(F)(F)C(F)(F)F)/C1=C/CCc1ccc(N2CCC(O)CC2)s1. The summed E-state index contributed by atoms with van der Waals surface area (Å²) >= 11 is 1.47. The number of halogens is 5. The minimum atomic E-state index is -5.87. The first-order valence-electron chi connectivity index (χ1n) is 8.56. The van der Waals surface area contributed by atoms with E-state index in [9.17, 15) is 31.9 Å². The number of piperidine rings is 1. The second-order valence-electron chi connectivity index (χ2n) is 6.51. The molecule has 1 aromatic rings. The van der Waals surface area contributed by atoms with Crippen LogP contribution in [0.2, 0.25) is 0 Å². The van der Waals surface area contributed by atoms with E-state index in [-0.39, 0.29) is 12.5 Å². The average Bonchev–Trinajstić information content (AvgIpc) is 3.22. The first-order valence-corrected chi connectivity index (χ1v) is 9.38. The highest BCUT2D eigenvalue weighted by molar-refractivity contribution is 7.16. The van der Waals surface area contributed by atoms with E-state index in [2.05, 4.69) is 14.9 Å². The van der Waals surface area contributed by atoms with Crippen LogP contribution in [0.5, 0.6) is 0 Å². The second-order valence-corrected chi connectivity index (χ2v) is 7.65. The molecule has 1 saturated heterocycles. The van der Waals surface area contributed by atoms with Crippen LogP contribution in [0.4, 0.5) is 27.0 Å². The third-order valence-corrected chi connectivity index (χ3v) is 5.72. The maximum atomic E-state index is 13.5. The van der Waals surface area contributed by atoms with E-state index in [1.54, 1.807) is 0 Å². The van der Waals surface area contributed by atoms with Gasteiger partial charge in [0.1, 0.15) is 0 Å². The molecule has 1 fully saturated rings. The van der Waals surface area contributed by atoms with Gasteiger partial charge in [0.05, 0.1) is 16.7 Å². The van der Waals surface area contributed by atoms with E-state index >= 15 is 0 Å². The lowest BCUT2D eigenvalue weighted by molar-refractivity contribution is -0.249. The summed E-state index contributed by atoms with van der Waals surface area (Å²) in [4.78, 5) is 18.6. The topological polar surface area (TPSA) is 62.1 Å². The predicted molar refractivity (Wildman–Crippen MR) is 92.7 cm³/mol. The highest BCUT2D eigenvalue weighted by Gasteiger charge is 2.64. The summed E-state index contributed by atoms with van der Waals surface area (Å²) in [6.45, 7) is 1.45. The number of hydrogen-bond acceptors (Lipinski definition) is 6. The Morgan fingerprint density at radius 3 is 2.57 bits per heavy atom. The van der Waals surface area contributed by atoms with E-state index in [0.29, 0.717) is 19.3 Å². The molecule has 2 aliphatic rings. The quantitative estimate of drug-likeness (QED) is 0.445. The van der Waals surface area contributed by atoms with Crippen molar-refractivity contribution in [1.82, 2.24) is 0 Å². The zero-order valence-electron chi connectivity index (χ0n) is 14.5. The van der Waals surface area contributed by atoms with E-state index in [0.717, 1.165) is 29.0 Å². The number of alkyl halides is 5. The number of carbonyl (C=O) groups excluding carboxylic acids is 1. The normalized spacial score (nSPS) is 20.6. The molecule has 0 radical (unpaired) electrons. The molecular formula is C17H17F5N2O3S. The molecule has 0 amide bonds. The smallest absolute Gasteiger partial charge is 0.393 e. The summed E-state index contributed by atoms with van der Waals surface area (Å²) < 4.78 is 64.6. The summed E-state index contributed by atoms with van der Waals surface area (Å²) in [7, 11) is 0. The van der Waals surface area contributed by atoms with E-state index in [1.807, 2.05) is 12.1 Å². The number of oxime groups is 1. The van der Waals surface area contributed by atoms with Crippen molar-refractivity contribution in [2.75, 3.05) is 18.0 Å². The van der Waals surface area contributed by atoms with E-state index in [4.69, 9.17) is 0 Å². The van der Waals surface area contributed by atoms with Crippen LogP contribution in [0, 0.1) is 0 Å². The molecule has 0 bridgehead atoms. The van der Waals surface area contributed by atoms with Crippen molar-refractivity contribution in [3.63, 3.8) is 0 Å². The van der Waals surface area contributed by atoms with Crippen LogP contribution in [0.1, 0.15) is 24.1 Å². The van der Waals surface area contributed by atoms with Crippen molar-refractivity contribution in [3.05, 3.63) is 28.7 Å². The number of anilines is 1. The van der Waals surface area contributed by atoms with Crippen LogP contribution < -0.4 is 4.90 Å². The van der Waals surface area contributed by atoms with Gasteiger partial charge in [0.25, 0.3) is 0 Å². The van der Waals surface area contributed by atoms with Gasteiger partial charge in [-0.3, -0.25) is 0 Å². The largest absolute Gasteiger partial charge is 0.459 e. The lowest BCUT2D eigenvalue weighted by Gasteiger charge is -2.30. The molecule has 154 valence electrons. The number of rotatable bonds is 5. The number of aliphatic hydroxyl groups excluding tert-OH is 1. The average molecular weight is 424 g/mol. The number of hydrogen-bond donors (Lipinski definition) is 1. The molecule has 1 N–H and O–H groups in total. The molecule has 0 aliphatic carbocycles. The molecule has 0 atom stereocenters. The highest BCUT2D eigenvalue weighted by atomic mass is 32.1. The summed E-state index contributed by atoms with van der Waals surface area (Å²) in [6.07, 6.45) is -3.36. The number of aryl methyl sites for hydroxylation is 1. The number of nitrogens with zero attached hydrogens (tertiary/aromatic N) is 2. The van der Waals surface area contributed by atoms with Crippen LogP contribution in [-0.4, -0.2) is 48.1 Å². The number of allylic oxidation sites excluding steroid dienone is 1. The first-order chi connectivity index (χ1) is 13.1. The molecule has 0 unspecified atom stereocenters. The van der Waals surface area contributed by atoms with Gasteiger partial charge in [-0.15, -0.1) is 11.3 Å². The fraction of sp³-hybridized carbons (Fsp3) is 0.529. The molecule has 2 aliphatic heterocycles. The minimum Gasteiger partial charge on any atom is -0.393 e. The van der Waals surface area contributed by atoms with Crippen LogP contribution in [-0.2, 0) is 16.1 Å². The molecule has 5 nitrogen and oxygen atoms in total. The number of thiophene rings is 1. The Labute approximate surface area is 161 Å². The van der Waals surface area contributed by atoms with Crippen LogP contribution in [0.25, 0.3) is 0 Å². The Bertz CT molecular complexity index is 795. The standard InChI is InChI=1S/C17H17F5N2O3S/c18-16(19,17(20,21)22)14-12(15(26)27-23-14)3-1-2-11-4-5-13(28-11)24-8-6-10(25)7-9-24/h3-5,10,25H,1-2,6-9H2/b12-3-. The molecular weight excluding hydrogens is 407 g/mol. The summed E-state index contributed by atoms with van der Waals surface area (Å²) in [5.74, 6) is -6.59. The first kappa shape index (κ1) is 20.7. The third kappa shape index (κ3) is 4.19. The van der Waals surface area contributed by atoms with E-state index in [1.165, 1.54) is 11.3 Å². The van der Waals surface area contributed by atoms with Crippen molar-refractivity contribution in [3.8, 4) is 0 Å². The number of aliphatic hydroxyl groups is 1. The van der Waals surface area contributed by atoms with Gasteiger partial charge in [-0.1, -0.05) is 11.2 Å². The Hall–Kier alpha value is -2.01. The van der Waals surface area contributed by atoms with Gasteiger partial charge < -0.3 is 14.8 Å². The zero-order valence-corrected chi connectivity index (χ0v) is 15.3. The maximum Gasteiger partial charge on any atom is 0.459 e. The molecule has 0 spiro atoms. The van der Waals surface area contributed by atoms with Crippen molar-refractivity contribution in [2.24, 2.45) is 5.16 Å². The van der Waals surface area contributed by atoms with Crippen LogP contribution >= 0.6 is 11.3 Å². The number of carbonyl (C=O) groups is 1. The van der Waals surface area contributed by atoms with Crippen molar-refractivity contribution in [2.45, 2.75) is 43.9 Å². The molecule has 3 heterocycles. The Morgan fingerprint density at radius 2 is 1.93 bits per heavy atom. The van der Waals surface area contributed by atoms with Gasteiger partial charge in [0.15, 0.2) is 5.71 Å². The fourth-order valence-corrected chi connectivity index (χ4v) is 4.01. The zero-order chi connectivity index (χ0) is 20.5. The van der Waals surface area contributed by atoms with Gasteiger partial charge in [-0.2, -0.15) is 22.0 Å². The Morgan fingerprint density at radius 1 is 1.25 bits per heavy atom. The lowest BCUT2D eigenvalue weighted by atomic mass is 10.0. The second kappa shape index (κ2) is 7.78. The Balaban J connectivity index is 1.64. The van der Waals surface area contributed by atoms with Gasteiger partial charge in [0.2, 0.25) is 0 Å². The summed E-state index contributed by atoms with van der Waals surface area (Å²) in [6, 6.07) is 3.75. The molecule has 0 aromatic carbocycles. The van der Waals surface area contributed by atoms with E-state index < -0.39 is 29.4 Å². The van der Waals surface area contributed by atoms with Crippen molar-refractivity contribution in [1.29, 1.82) is 0 Å². The van der Waals surface area contributed by atoms with Crippen LogP contribution in [0.15, 0.2) is 28.9 Å². The maximum absolute atomic E-state index is 13.5. The molecule has 3 rings (SSSR count). The molecule has 11 heteroatoms. The Kier molecular flexibility index (Phi) is 5.76. The van der Waals surface area contributed by atoms with Gasteiger partial charge in [-0.25, -0.2) is 4.79 Å². The molecule has 0 saturated carbocycles. The fourth-order valence-electron chi connectivity index (χ4n) is 2.94. The van der Waals surface area contributed by atoms with Gasteiger partial charge in [0, 0.05) is 18.0 Å². The molecule has 1 aromatic heterocycles. The predicted octanol–water partition coefficient (Wildman–Crippen LogP) is 3.68. The monoisotopic (exact) mass is 424 g/mol. The summed E-state index contributed by atoms with van der Waals surface area (Å²) in [5.41, 5.74) is -2.56. The molecule has 28 heavy (non-hydrogen) atoms. The van der Waals surface area contributed by atoms with Crippen molar-refractivity contribution < 1.29 is 36.7 Å². The highest BCUT2D eigenvalue weighted by Crippen LogP contribution is 2.40. The van der Waals surface area contributed by atoms with Crippen LogP contribution in [0.3, 0.4) is 0 Å². The van der Waals surface area contributed by atoms with Crippen molar-refractivity contribution >= 4 is 28.0 Å². The summed E-state index contributed by atoms with van der Waals surface area (Å²) in [5, 5.41) is 13.2. The lowest BCUT2D eigenvalue weighted by Crippen LogP contribution is -2.44. The third-order valence-electron chi connectivity index (χ3n) is 4.51.